The van der Waals surface area contributed by atoms with Crippen molar-refractivity contribution < 1.29 is 17.3 Å². The predicted molar refractivity (Wildman–Crippen MR) is 36.6 cm³/mol. The van der Waals surface area contributed by atoms with E-state index in [0.717, 1.165) is 0 Å². The maximum atomic E-state index is 11.0. The third-order valence-electron chi connectivity index (χ3n) is 0.844. The molecular formula is C4H9CaFO3S. The summed E-state index contributed by atoms with van der Waals surface area (Å²) in [5.41, 5.74) is 0. The first kappa shape index (κ1) is 13.7. The molecule has 0 atom stereocenters. The van der Waals surface area contributed by atoms with Gasteiger partial charge in [-0.3, -0.25) is 0 Å². The summed E-state index contributed by atoms with van der Waals surface area (Å²) in [6.07, 6.45) is 1.15. The van der Waals surface area contributed by atoms with Gasteiger partial charge in [0.2, 0.25) is 0 Å². The summed E-state index contributed by atoms with van der Waals surface area (Å²) in [5.74, 6) is -0.236. The van der Waals surface area contributed by atoms with Crippen LogP contribution in [-0.4, -0.2) is 51.9 Å². The first-order valence-corrected chi connectivity index (χ1v) is 4.23. The number of halogens is 1. The minimum absolute atomic E-state index is 0. The Bertz CT molecular complexity index is 156. The Balaban J connectivity index is 0. The predicted octanol–water partition coefficient (Wildman–Crippen LogP) is 0.637. The molecule has 2 radical (unpaired) electrons. The van der Waals surface area contributed by atoms with Gasteiger partial charge < -0.3 is 0 Å². The quantitative estimate of drug-likeness (QED) is 0.620. The van der Waals surface area contributed by atoms with Crippen molar-refractivity contribution in [1.29, 1.82) is 0 Å². The summed E-state index contributed by atoms with van der Waals surface area (Å²) in [6.45, 7) is 1.81. The number of rotatable bonds is 4. The summed E-state index contributed by atoms with van der Waals surface area (Å²) in [6, 6.07) is 0. The van der Waals surface area contributed by atoms with Gasteiger partial charge in [0, 0.05) is 37.7 Å². The zero-order valence-corrected chi connectivity index (χ0v) is 8.86. The third kappa shape index (κ3) is 7.21. The molecule has 0 bridgehead atoms. The first-order valence-electron chi connectivity index (χ1n) is 2.65. The van der Waals surface area contributed by atoms with Crippen LogP contribution in [0.1, 0.15) is 19.8 Å². The minimum Gasteiger partial charge on any atom is -0.197 e. The fourth-order valence-corrected chi connectivity index (χ4v) is 1.06. The van der Waals surface area contributed by atoms with E-state index < -0.39 is 10.1 Å². The Kier molecular flexibility index (Phi) is 9.28. The molecule has 0 saturated heterocycles. The van der Waals surface area contributed by atoms with Gasteiger partial charge in [-0.1, -0.05) is 17.7 Å². The van der Waals surface area contributed by atoms with Crippen LogP contribution in [0.15, 0.2) is 0 Å². The Morgan fingerprint density at radius 1 is 1.50 bits per heavy atom. The van der Waals surface area contributed by atoms with E-state index in [4.69, 9.17) is 0 Å². The van der Waals surface area contributed by atoms with Gasteiger partial charge in [-0.05, 0) is 10.9 Å². The van der Waals surface area contributed by atoms with E-state index in [1.54, 1.807) is 0 Å². The molecule has 0 amide bonds. The van der Waals surface area contributed by atoms with E-state index in [2.05, 4.69) is 4.39 Å². The average molecular weight is 196 g/mol. The summed E-state index contributed by atoms with van der Waals surface area (Å²) in [4.78, 5) is 0. The van der Waals surface area contributed by atoms with E-state index in [-0.39, 0.29) is 43.5 Å². The van der Waals surface area contributed by atoms with E-state index in [1.165, 1.54) is 0 Å². The Morgan fingerprint density at radius 2 is 2.00 bits per heavy atom. The average Bonchev–Trinajstić information content (AvgIpc) is 1.84. The van der Waals surface area contributed by atoms with E-state index >= 15 is 0 Å². The Labute approximate surface area is 90.0 Å². The second kappa shape index (κ2) is 6.79. The summed E-state index contributed by atoms with van der Waals surface area (Å²) in [7, 11) is -3.85. The van der Waals surface area contributed by atoms with Gasteiger partial charge in [-0.2, -0.15) is 8.42 Å². The first-order chi connectivity index (χ1) is 4.12. The van der Waals surface area contributed by atoms with Crippen molar-refractivity contribution in [3.63, 3.8) is 0 Å². The molecule has 0 spiro atoms. The number of hydrogen-bond acceptors (Lipinski definition) is 3. The van der Waals surface area contributed by atoms with Crippen LogP contribution in [0.25, 0.3) is 0 Å². The Morgan fingerprint density at radius 3 is 2.30 bits per heavy atom. The minimum atomic E-state index is -3.85. The molecule has 0 heterocycles. The van der Waals surface area contributed by atoms with Crippen LogP contribution < -0.4 is 0 Å². The fraction of sp³-hybridized carbons (Fsp3) is 1.00. The fourth-order valence-electron chi connectivity index (χ4n) is 0.353. The molecule has 6 heteroatoms. The van der Waals surface area contributed by atoms with Gasteiger partial charge in [-0.25, -0.2) is 0 Å². The molecular weight excluding hydrogens is 187 g/mol. The SMILES string of the molecule is CCCCS(=O)(=O)OF.[Ca]. The van der Waals surface area contributed by atoms with Crippen molar-refractivity contribution in [2.24, 2.45) is 0 Å². The van der Waals surface area contributed by atoms with Crippen molar-refractivity contribution >= 4 is 47.9 Å². The normalized spacial score (nSPS) is 10.6. The van der Waals surface area contributed by atoms with E-state index in [0.29, 0.717) is 12.8 Å². The molecule has 0 aromatic rings. The maximum absolute atomic E-state index is 11.0. The van der Waals surface area contributed by atoms with Crippen molar-refractivity contribution in [2.45, 2.75) is 19.8 Å². The third-order valence-corrected chi connectivity index (χ3v) is 1.82. The van der Waals surface area contributed by atoms with Crippen molar-refractivity contribution in [1.82, 2.24) is 0 Å². The molecule has 0 fully saturated rings. The Hall–Kier alpha value is 1.10. The van der Waals surface area contributed by atoms with Crippen molar-refractivity contribution in [2.75, 3.05) is 5.75 Å². The molecule has 0 aromatic carbocycles. The zero-order valence-electron chi connectivity index (χ0n) is 5.84. The van der Waals surface area contributed by atoms with Crippen LogP contribution in [-0.2, 0) is 14.5 Å². The number of hydrogen-bond donors (Lipinski definition) is 0. The molecule has 0 saturated carbocycles. The molecule has 0 aliphatic rings. The molecule has 0 aromatic heterocycles. The zero-order chi connectivity index (χ0) is 7.33. The summed E-state index contributed by atoms with van der Waals surface area (Å²) < 4.78 is 34.0. The second-order valence-corrected chi connectivity index (χ2v) is 3.33. The van der Waals surface area contributed by atoms with Gasteiger partial charge in [0.1, 0.15) is 0 Å². The maximum Gasteiger partial charge on any atom is 0.297 e. The molecule has 58 valence electrons. The standard InChI is InChI=1S/C4H9FO3S.Ca/c1-2-3-4-9(6,7)8-5;/h2-4H2,1H3;. The molecule has 0 aliphatic heterocycles. The summed E-state index contributed by atoms with van der Waals surface area (Å²) in [5, 5.41) is 0. The smallest absolute Gasteiger partial charge is 0.197 e. The van der Waals surface area contributed by atoms with E-state index in [1.807, 2.05) is 6.92 Å². The van der Waals surface area contributed by atoms with Crippen LogP contribution in [0.5, 0.6) is 0 Å². The molecule has 0 N–H and O–H groups in total. The monoisotopic (exact) mass is 196 g/mol. The molecule has 0 aliphatic carbocycles. The molecule has 0 unspecified atom stereocenters. The van der Waals surface area contributed by atoms with Crippen molar-refractivity contribution in [3.05, 3.63) is 0 Å². The molecule has 3 nitrogen and oxygen atoms in total. The van der Waals surface area contributed by atoms with Gasteiger partial charge in [0.05, 0.1) is 5.75 Å². The molecule has 10 heavy (non-hydrogen) atoms. The van der Waals surface area contributed by atoms with E-state index in [9.17, 15) is 12.9 Å². The second-order valence-electron chi connectivity index (χ2n) is 1.68. The van der Waals surface area contributed by atoms with Gasteiger partial charge >= 0.3 is 0 Å². The van der Waals surface area contributed by atoms with Crippen LogP contribution in [0, 0.1) is 0 Å². The van der Waals surface area contributed by atoms with Crippen LogP contribution in [0.3, 0.4) is 0 Å². The number of unbranched alkanes of at least 4 members (excludes halogenated alkanes) is 1. The van der Waals surface area contributed by atoms with Gasteiger partial charge in [-0.15, -0.1) is 0 Å². The summed E-state index contributed by atoms with van der Waals surface area (Å²) >= 11 is 0. The molecule has 0 rings (SSSR count). The topological polar surface area (TPSA) is 43.4 Å². The van der Waals surface area contributed by atoms with Crippen molar-refractivity contribution in [3.8, 4) is 0 Å². The van der Waals surface area contributed by atoms with Gasteiger partial charge in [0.25, 0.3) is 10.1 Å². The van der Waals surface area contributed by atoms with Crippen LogP contribution in [0.4, 0.5) is 4.53 Å². The van der Waals surface area contributed by atoms with Gasteiger partial charge in [0.15, 0.2) is 0 Å². The largest absolute Gasteiger partial charge is 0.297 e. The van der Waals surface area contributed by atoms with Crippen LogP contribution in [0.2, 0.25) is 0 Å². The van der Waals surface area contributed by atoms with Crippen LogP contribution >= 0.6 is 0 Å².